The van der Waals surface area contributed by atoms with Crippen molar-refractivity contribution in [2.75, 3.05) is 6.61 Å². The first-order chi connectivity index (χ1) is 20.3. The van der Waals surface area contributed by atoms with Crippen molar-refractivity contribution in [2.24, 2.45) is 4.99 Å². The van der Waals surface area contributed by atoms with E-state index in [1.807, 2.05) is 42.5 Å². The molecule has 0 fully saturated rings. The van der Waals surface area contributed by atoms with E-state index in [0.717, 1.165) is 16.3 Å². The Morgan fingerprint density at radius 2 is 1.90 bits per heavy atom. The van der Waals surface area contributed by atoms with Crippen molar-refractivity contribution in [1.29, 1.82) is 0 Å². The molecule has 0 radical (unpaired) electrons. The van der Waals surface area contributed by atoms with Crippen molar-refractivity contribution in [2.45, 2.75) is 19.9 Å². The number of aromatic nitrogens is 1. The van der Waals surface area contributed by atoms with E-state index in [-0.39, 0.29) is 22.8 Å². The van der Waals surface area contributed by atoms with Crippen LogP contribution in [-0.2, 0) is 9.53 Å². The molecule has 0 spiro atoms. The summed E-state index contributed by atoms with van der Waals surface area (Å²) in [5.41, 5.74) is 1.74. The summed E-state index contributed by atoms with van der Waals surface area (Å²) < 4.78 is 13.3. The van der Waals surface area contributed by atoms with Crippen LogP contribution in [0.15, 0.2) is 98.3 Å². The molecule has 42 heavy (non-hydrogen) atoms. The second-order valence-corrected chi connectivity index (χ2v) is 11.0. The Morgan fingerprint density at radius 3 is 2.69 bits per heavy atom. The molecule has 2 aromatic heterocycles. The smallest absolute Gasteiger partial charge is 0.338 e. The highest BCUT2D eigenvalue weighted by molar-refractivity contribution is 7.07. The van der Waals surface area contributed by atoms with E-state index in [4.69, 9.17) is 20.8 Å². The van der Waals surface area contributed by atoms with Crippen LogP contribution < -0.4 is 14.9 Å². The predicted molar refractivity (Wildman–Crippen MR) is 160 cm³/mol. The number of halogens is 1. The molecule has 5 aromatic rings. The van der Waals surface area contributed by atoms with Crippen molar-refractivity contribution in [1.82, 2.24) is 4.57 Å². The monoisotopic (exact) mass is 598 g/mol. The zero-order valence-electron chi connectivity index (χ0n) is 22.5. The van der Waals surface area contributed by atoms with Gasteiger partial charge in [0.1, 0.15) is 11.5 Å². The van der Waals surface area contributed by atoms with Gasteiger partial charge in [0.05, 0.1) is 39.0 Å². The number of allylic oxidation sites excluding steroid dienone is 1. The minimum atomic E-state index is -1.15. The van der Waals surface area contributed by atoms with Gasteiger partial charge in [-0.3, -0.25) is 9.36 Å². The van der Waals surface area contributed by atoms with Gasteiger partial charge < -0.3 is 14.3 Å². The van der Waals surface area contributed by atoms with Crippen molar-refractivity contribution >= 4 is 51.7 Å². The Bertz CT molecular complexity index is 2120. The molecule has 8 nitrogen and oxygen atoms in total. The van der Waals surface area contributed by atoms with E-state index in [1.54, 1.807) is 42.7 Å². The number of carboxylic acids is 1. The molecule has 3 aromatic carbocycles. The van der Waals surface area contributed by atoms with Gasteiger partial charge in [-0.1, -0.05) is 65.4 Å². The van der Waals surface area contributed by atoms with Crippen molar-refractivity contribution in [3.05, 3.63) is 126 Å². The number of ether oxygens (including phenoxy) is 1. The number of hydrogen-bond donors (Lipinski definition) is 1. The molecule has 10 heteroatoms. The number of fused-ring (bicyclic) bond motifs is 2. The standard InChI is InChI=1S/C32H23ClN2O6S/c1-3-40-31(39)27-17(2)34-32-35(28(27)22-10-6-8-18-7-4-5-9-21(18)22)29(36)26(42-32)16-20-12-14-25(41-20)19-11-13-24(33)23(15-19)30(37)38/h4-16,28H,3H2,1-2H3,(H,37,38)/b26-16+/t28-/m1/s1. The number of carboxylic acid groups (broad SMARTS) is 1. The van der Waals surface area contributed by atoms with Gasteiger partial charge in [0.25, 0.3) is 5.56 Å². The second-order valence-electron chi connectivity index (χ2n) is 9.57. The Balaban J connectivity index is 1.50. The lowest BCUT2D eigenvalue weighted by Crippen LogP contribution is -2.40. The zero-order chi connectivity index (χ0) is 29.5. The largest absolute Gasteiger partial charge is 0.478 e. The molecule has 0 unspecified atom stereocenters. The summed E-state index contributed by atoms with van der Waals surface area (Å²) in [5.74, 6) is -0.856. The topological polar surface area (TPSA) is 111 Å². The minimum Gasteiger partial charge on any atom is -0.478 e. The van der Waals surface area contributed by atoms with Crippen molar-refractivity contribution in [3.8, 4) is 11.3 Å². The first-order valence-electron chi connectivity index (χ1n) is 13.1. The number of aromatic carboxylic acids is 1. The van der Waals surface area contributed by atoms with Crippen molar-refractivity contribution < 1.29 is 23.8 Å². The lowest BCUT2D eigenvalue weighted by molar-refractivity contribution is -0.139. The molecule has 0 amide bonds. The van der Waals surface area contributed by atoms with Gasteiger partial charge in [0.15, 0.2) is 4.80 Å². The maximum absolute atomic E-state index is 14.0. The fourth-order valence-corrected chi connectivity index (χ4v) is 6.36. The molecule has 0 saturated carbocycles. The molecule has 6 rings (SSSR count). The minimum absolute atomic E-state index is 0.0402. The number of rotatable bonds is 6. The molecular formula is C32H23ClN2O6S. The van der Waals surface area contributed by atoms with Gasteiger partial charge in [-0.15, -0.1) is 0 Å². The van der Waals surface area contributed by atoms with Gasteiger partial charge in [-0.05, 0) is 60.5 Å². The summed E-state index contributed by atoms with van der Waals surface area (Å²) in [4.78, 5) is 43.8. The van der Waals surface area contributed by atoms with E-state index < -0.39 is 18.0 Å². The average molecular weight is 599 g/mol. The normalized spacial score (nSPS) is 15.0. The lowest BCUT2D eigenvalue weighted by Gasteiger charge is -2.25. The van der Waals surface area contributed by atoms with Crippen LogP contribution in [0.4, 0.5) is 0 Å². The van der Waals surface area contributed by atoms with Crippen LogP contribution in [-0.4, -0.2) is 28.2 Å². The molecule has 1 N–H and O–H groups in total. The van der Waals surface area contributed by atoms with Gasteiger partial charge in [0, 0.05) is 11.6 Å². The van der Waals surface area contributed by atoms with E-state index in [2.05, 4.69) is 4.99 Å². The summed E-state index contributed by atoms with van der Waals surface area (Å²) in [6.07, 6.45) is 1.62. The number of thiazole rings is 1. The summed E-state index contributed by atoms with van der Waals surface area (Å²) in [6, 6.07) is 20.9. The number of carbonyl (C=O) groups is 2. The highest BCUT2D eigenvalue weighted by atomic mass is 35.5. The van der Waals surface area contributed by atoms with Crippen LogP contribution in [0.1, 0.15) is 41.6 Å². The summed E-state index contributed by atoms with van der Waals surface area (Å²) in [6.45, 7) is 3.67. The fourth-order valence-electron chi connectivity index (χ4n) is 5.13. The van der Waals surface area contributed by atoms with Gasteiger partial charge >= 0.3 is 11.9 Å². The highest BCUT2D eigenvalue weighted by Crippen LogP contribution is 2.35. The zero-order valence-corrected chi connectivity index (χ0v) is 24.0. The van der Waals surface area contributed by atoms with E-state index >= 15 is 0 Å². The Labute approximate surface area is 248 Å². The third-order valence-corrected chi connectivity index (χ3v) is 8.33. The second kappa shape index (κ2) is 10.9. The molecule has 210 valence electrons. The van der Waals surface area contributed by atoms with Crippen LogP contribution in [0.2, 0.25) is 5.02 Å². The third-order valence-electron chi connectivity index (χ3n) is 7.02. The molecular weight excluding hydrogens is 576 g/mol. The lowest BCUT2D eigenvalue weighted by atomic mass is 9.91. The summed E-state index contributed by atoms with van der Waals surface area (Å²) in [7, 11) is 0. The fraction of sp³-hybridized carbons (Fsp3) is 0.125. The van der Waals surface area contributed by atoms with E-state index in [1.165, 1.54) is 23.5 Å². The van der Waals surface area contributed by atoms with E-state index in [9.17, 15) is 19.5 Å². The molecule has 0 saturated heterocycles. The maximum atomic E-state index is 14.0. The molecule has 1 aliphatic rings. The van der Waals surface area contributed by atoms with Crippen LogP contribution in [0.25, 0.3) is 28.2 Å². The van der Waals surface area contributed by atoms with Crippen LogP contribution in [0, 0.1) is 0 Å². The summed E-state index contributed by atoms with van der Waals surface area (Å²) >= 11 is 7.20. The van der Waals surface area contributed by atoms with Gasteiger partial charge in [0.2, 0.25) is 0 Å². The number of furan rings is 1. The maximum Gasteiger partial charge on any atom is 0.338 e. The number of esters is 1. The molecule has 1 aliphatic heterocycles. The third kappa shape index (κ3) is 4.76. The number of benzene rings is 3. The van der Waals surface area contributed by atoms with Crippen LogP contribution in [0.3, 0.4) is 0 Å². The van der Waals surface area contributed by atoms with Gasteiger partial charge in [-0.2, -0.15) is 0 Å². The first-order valence-corrected chi connectivity index (χ1v) is 14.3. The van der Waals surface area contributed by atoms with Crippen molar-refractivity contribution in [3.63, 3.8) is 0 Å². The molecule has 3 heterocycles. The summed E-state index contributed by atoms with van der Waals surface area (Å²) in [5, 5.41) is 11.4. The Kier molecular flexibility index (Phi) is 7.14. The van der Waals surface area contributed by atoms with Crippen LogP contribution in [0.5, 0.6) is 0 Å². The van der Waals surface area contributed by atoms with E-state index in [0.29, 0.717) is 37.7 Å². The average Bonchev–Trinajstić information content (AvgIpc) is 3.56. The van der Waals surface area contributed by atoms with Crippen LogP contribution >= 0.6 is 22.9 Å². The molecule has 0 aliphatic carbocycles. The molecule has 1 atom stereocenters. The SMILES string of the molecule is CCOC(=O)C1=C(C)N=c2s/c(=C/c3ccc(-c4ccc(Cl)c(C(=O)O)c4)o3)c(=O)n2[C@@H]1c1cccc2ccccc12. The highest BCUT2D eigenvalue weighted by Gasteiger charge is 2.34. The number of hydrogen-bond acceptors (Lipinski definition) is 7. The quantitative estimate of drug-likeness (QED) is 0.256. The number of nitrogens with zero attached hydrogens (tertiary/aromatic N) is 2. The predicted octanol–water partition coefficient (Wildman–Crippen LogP) is 5.56. The van der Waals surface area contributed by atoms with Gasteiger partial charge in [-0.25, -0.2) is 14.6 Å². The Hall–Kier alpha value is -4.73. The Morgan fingerprint density at radius 1 is 1.12 bits per heavy atom. The number of carbonyl (C=O) groups excluding carboxylic acids is 1. The first kappa shape index (κ1) is 27.4. The molecule has 0 bridgehead atoms.